The number of halogens is 1. The van der Waals surface area contributed by atoms with Crippen LogP contribution in [0.15, 0.2) is 59.1 Å². The molecular formula is C42H68BrN9O4Si2. The van der Waals surface area contributed by atoms with E-state index >= 15 is 0 Å². The lowest BCUT2D eigenvalue weighted by Crippen LogP contribution is -2.46. The first kappa shape index (κ1) is 47.6. The maximum atomic E-state index is 11.0. The highest BCUT2D eigenvalue weighted by molar-refractivity contribution is 9.10. The molecule has 6 rings (SSSR count). The van der Waals surface area contributed by atoms with Crippen molar-refractivity contribution in [2.24, 2.45) is 0 Å². The number of nitro benzene ring substituents is 2. The Bertz CT molecular complexity index is 1820. The summed E-state index contributed by atoms with van der Waals surface area (Å²) in [6.07, 6.45) is 0. The number of nitrogen functional groups attached to an aromatic ring is 1. The highest BCUT2D eigenvalue weighted by Gasteiger charge is 2.26. The molecule has 0 bridgehead atoms. The number of likely N-dealkylation sites (N-methyl/N-ethyl adjacent to an activating group) is 3. The number of non-ortho nitro benzene ring substituents is 2. The minimum absolute atomic E-state index is 0.129. The minimum atomic E-state index is -1.59. The maximum absolute atomic E-state index is 11.0. The zero-order valence-corrected chi connectivity index (χ0v) is 40.1. The zero-order valence-electron chi connectivity index (χ0n) is 36.5. The van der Waals surface area contributed by atoms with Crippen LogP contribution in [-0.4, -0.2) is 155 Å². The first-order valence-corrected chi connectivity index (χ1v) is 28.3. The molecule has 0 spiro atoms. The van der Waals surface area contributed by atoms with Crippen molar-refractivity contribution in [3.8, 4) is 0 Å². The van der Waals surface area contributed by atoms with Gasteiger partial charge in [-0.15, -0.1) is 0 Å². The van der Waals surface area contributed by atoms with E-state index in [1.165, 1.54) is 47.7 Å². The lowest BCUT2D eigenvalue weighted by atomic mass is 10.1. The molecule has 13 nitrogen and oxygen atoms in total. The van der Waals surface area contributed by atoms with Crippen LogP contribution in [0.25, 0.3) is 0 Å². The summed E-state index contributed by atoms with van der Waals surface area (Å²) in [5.74, 6) is 0. The van der Waals surface area contributed by atoms with E-state index in [4.69, 9.17) is 5.73 Å². The third-order valence-corrected chi connectivity index (χ3v) is 16.2. The Kier molecular flexibility index (Phi) is 17.6. The van der Waals surface area contributed by atoms with Crippen LogP contribution in [0.1, 0.15) is 16.7 Å². The standard InChI is InChI=1S/C15H25N3O2Si.C15H27N3Si.C12H16BrN3O2/c1-16-7-9-17(10-8-16)12-13-5-6-14(18(19)20)11-15(13)21(2,3)4;1-17-7-9-18(10-8-17)12-13-5-6-14(16)11-15(13)19(2,3)4;1-14-4-6-15(7-5-14)9-10-2-3-11(16(17)18)8-12(10)13/h5-6,11H,7-10,12H2,1-4H3;5-6,11H,7-10,12,16H2,1-4H3;2-3,8H,4-7,9H2,1H3. The Labute approximate surface area is 357 Å². The van der Waals surface area contributed by atoms with Gasteiger partial charge in [0.15, 0.2) is 0 Å². The van der Waals surface area contributed by atoms with Crippen molar-refractivity contribution in [1.29, 1.82) is 0 Å². The number of rotatable bonds is 10. The number of hydrogen-bond acceptors (Lipinski definition) is 11. The highest BCUT2D eigenvalue weighted by Crippen LogP contribution is 2.25. The molecule has 3 saturated heterocycles. The van der Waals surface area contributed by atoms with Crippen LogP contribution in [0.5, 0.6) is 0 Å². The van der Waals surface area contributed by atoms with Crippen LogP contribution in [-0.2, 0) is 19.6 Å². The number of anilines is 1. The van der Waals surface area contributed by atoms with Gasteiger partial charge >= 0.3 is 0 Å². The monoisotopic (exact) mass is 897 g/mol. The fraction of sp³-hybridized carbons (Fsp3) is 0.571. The second-order valence-electron chi connectivity index (χ2n) is 18.3. The van der Waals surface area contributed by atoms with Crippen molar-refractivity contribution in [3.05, 3.63) is 96.0 Å². The summed E-state index contributed by atoms with van der Waals surface area (Å²) in [5.41, 5.74) is 11.1. The Hall–Kier alpha value is -3.07. The quantitative estimate of drug-likeness (QED) is 0.119. The molecule has 16 heteroatoms. The van der Waals surface area contributed by atoms with Crippen LogP contribution < -0.4 is 16.1 Å². The maximum Gasteiger partial charge on any atom is 0.270 e. The van der Waals surface area contributed by atoms with E-state index in [-0.39, 0.29) is 21.2 Å². The van der Waals surface area contributed by atoms with Crippen LogP contribution >= 0.6 is 15.9 Å². The molecule has 0 atom stereocenters. The molecular weight excluding hydrogens is 831 g/mol. The van der Waals surface area contributed by atoms with E-state index in [0.717, 1.165) is 87.7 Å². The van der Waals surface area contributed by atoms with Crippen molar-refractivity contribution >= 4 is 59.5 Å². The van der Waals surface area contributed by atoms with E-state index in [1.807, 2.05) is 12.1 Å². The first-order valence-electron chi connectivity index (χ1n) is 20.5. The number of nitrogens with two attached hydrogens (primary N) is 1. The summed E-state index contributed by atoms with van der Waals surface area (Å²) < 4.78 is 0.815. The van der Waals surface area contributed by atoms with Gasteiger partial charge in [-0.3, -0.25) is 34.9 Å². The lowest BCUT2D eigenvalue weighted by molar-refractivity contribution is -0.385. The molecule has 0 aliphatic carbocycles. The Morgan fingerprint density at radius 1 is 0.534 bits per heavy atom. The van der Waals surface area contributed by atoms with Gasteiger partial charge in [0.2, 0.25) is 0 Å². The summed E-state index contributed by atoms with van der Waals surface area (Å²) in [7, 11) is 3.56. The van der Waals surface area contributed by atoms with Gasteiger partial charge in [-0.25, -0.2) is 0 Å². The first-order chi connectivity index (χ1) is 27.2. The largest absolute Gasteiger partial charge is 0.399 e. The number of nitrogens with zero attached hydrogens (tertiary/aromatic N) is 8. The van der Waals surface area contributed by atoms with Crippen molar-refractivity contribution in [1.82, 2.24) is 29.4 Å². The highest BCUT2D eigenvalue weighted by atomic mass is 79.9. The zero-order chi connectivity index (χ0) is 42.8. The van der Waals surface area contributed by atoms with Crippen LogP contribution in [0.3, 0.4) is 0 Å². The molecule has 0 radical (unpaired) electrons. The molecule has 58 heavy (non-hydrogen) atoms. The Morgan fingerprint density at radius 3 is 1.22 bits per heavy atom. The van der Waals surface area contributed by atoms with Gasteiger partial charge in [0.1, 0.15) is 0 Å². The van der Waals surface area contributed by atoms with Gasteiger partial charge in [-0.1, -0.05) is 72.5 Å². The summed E-state index contributed by atoms with van der Waals surface area (Å²) in [6.45, 7) is 30.0. The summed E-state index contributed by atoms with van der Waals surface area (Å²) in [5, 5.41) is 24.4. The predicted octanol–water partition coefficient (Wildman–Crippen LogP) is 5.55. The van der Waals surface area contributed by atoms with Gasteiger partial charge in [-0.05, 0) is 61.2 Å². The topological polar surface area (TPSA) is 132 Å². The lowest BCUT2D eigenvalue weighted by Gasteiger charge is -2.33. The van der Waals surface area contributed by atoms with Crippen molar-refractivity contribution in [3.63, 3.8) is 0 Å². The van der Waals surface area contributed by atoms with E-state index in [9.17, 15) is 20.2 Å². The second kappa shape index (κ2) is 21.5. The van der Waals surface area contributed by atoms with Crippen molar-refractivity contribution in [2.75, 3.05) is 105 Å². The molecule has 0 amide bonds. The summed E-state index contributed by atoms with van der Waals surface area (Å²) in [6, 6.07) is 16.9. The fourth-order valence-electron chi connectivity index (χ4n) is 7.46. The molecule has 3 aliphatic rings. The molecule has 0 unspecified atom stereocenters. The number of nitro groups is 2. The van der Waals surface area contributed by atoms with E-state index in [0.29, 0.717) is 0 Å². The Morgan fingerprint density at radius 2 is 0.862 bits per heavy atom. The number of benzene rings is 3. The third-order valence-electron chi connectivity index (χ3n) is 11.3. The SMILES string of the molecule is CN1CCN(Cc2ccc(N)cc2[Si](C)(C)C)CC1.CN1CCN(Cc2ccc([N+](=O)[O-])cc2Br)CC1.CN1CCN(Cc2ccc([N+](=O)[O-])cc2[Si](C)(C)C)CC1. The molecule has 3 aliphatic heterocycles. The van der Waals surface area contributed by atoms with E-state index < -0.39 is 16.1 Å². The average molecular weight is 899 g/mol. The molecule has 3 aromatic carbocycles. The average Bonchev–Trinajstić information content (AvgIpc) is 3.15. The minimum Gasteiger partial charge on any atom is -0.399 e. The smallest absolute Gasteiger partial charge is 0.270 e. The molecule has 3 heterocycles. The predicted molar refractivity (Wildman–Crippen MR) is 249 cm³/mol. The number of piperazine rings is 3. The number of hydrogen-bond donors (Lipinski definition) is 1. The molecule has 3 aromatic rings. The fourth-order valence-corrected chi connectivity index (χ4v) is 11.4. The normalized spacial score (nSPS) is 18.2. The second-order valence-corrected chi connectivity index (χ2v) is 29.2. The molecule has 2 N–H and O–H groups in total. The van der Waals surface area contributed by atoms with Gasteiger partial charge in [-0.2, -0.15) is 0 Å². The van der Waals surface area contributed by atoms with Crippen LogP contribution in [0.4, 0.5) is 17.1 Å². The molecule has 0 aromatic heterocycles. The third kappa shape index (κ3) is 14.9. The van der Waals surface area contributed by atoms with E-state index in [2.05, 4.69) is 124 Å². The van der Waals surface area contributed by atoms with Crippen LogP contribution in [0, 0.1) is 20.2 Å². The van der Waals surface area contributed by atoms with Crippen molar-refractivity contribution in [2.45, 2.75) is 58.9 Å². The van der Waals surface area contributed by atoms with Gasteiger partial charge in [0, 0.05) is 133 Å². The van der Waals surface area contributed by atoms with Crippen molar-refractivity contribution < 1.29 is 9.85 Å². The molecule has 320 valence electrons. The van der Waals surface area contributed by atoms with E-state index in [1.54, 1.807) is 24.3 Å². The molecule has 0 saturated carbocycles. The Balaban J connectivity index is 0.000000193. The van der Waals surface area contributed by atoms with Gasteiger partial charge in [0.05, 0.1) is 26.0 Å². The molecule has 3 fully saturated rings. The van der Waals surface area contributed by atoms with Gasteiger partial charge in [0.25, 0.3) is 11.4 Å². The summed E-state index contributed by atoms with van der Waals surface area (Å²) >= 11 is 3.41. The van der Waals surface area contributed by atoms with Gasteiger partial charge < -0.3 is 20.4 Å². The summed E-state index contributed by atoms with van der Waals surface area (Å²) in [4.78, 5) is 35.5. The van der Waals surface area contributed by atoms with Crippen LogP contribution in [0.2, 0.25) is 39.3 Å².